The van der Waals surface area contributed by atoms with Gasteiger partial charge >= 0.3 is 0 Å². The van der Waals surface area contributed by atoms with Crippen LogP contribution in [-0.2, 0) is 6.42 Å². The lowest BCUT2D eigenvalue weighted by atomic mass is 10.1. The summed E-state index contributed by atoms with van der Waals surface area (Å²) in [6, 6.07) is 9.83. The molecule has 0 atom stereocenters. The molecule has 0 radical (unpaired) electrons. The van der Waals surface area contributed by atoms with E-state index in [1.165, 1.54) is 16.9 Å². The fourth-order valence-corrected chi connectivity index (χ4v) is 3.02. The van der Waals surface area contributed by atoms with Crippen molar-refractivity contribution in [2.24, 2.45) is 0 Å². The summed E-state index contributed by atoms with van der Waals surface area (Å²) in [4.78, 5) is 12.7. The molecule has 0 spiro atoms. The van der Waals surface area contributed by atoms with Gasteiger partial charge in [-0.05, 0) is 58.6 Å². The number of aryl methyl sites for hydroxylation is 2. The fourth-order valence-electron chi connectivity index (χ4n) is 1.59. The summed E-state index contributed by atoms with van der Waals surface area (Å²) in [5, 5.41) is 2.90. The lowest BCUT2D eigenvalue weighted by Gasteiger charge is -2.04. The van der Waals surface area contributed by atoms with Crippen LogP contribution >= 0.6 is 27.3 Å². The smallest absolute Gasteiger partial charge is 0.265 e. The van der Waals surface area contributed by atoms with Gasteiger partial charge in [0.25, 0.3) is 5.91 Å². The number of anilines is 1. The number of halogens is 1. The van der Waals surface area contributed by atoms with Gasteiger partial charge in [0.1, 0.15) is 0 Å². The number of thiophene rings is 1. The van der Waals surface area contributed by atoms with Crippen molar-refractivity contribution in [3.63, 3.8) is 0 Å². The van der Waals surface area contributed by atoms with Gasteiger partial charge in [0.2, 0.25) is 0 Å². The van der Waals surface area contributed by atoms with Crippen molar-refractivity contribution >= 4 is 38.9 Å². The summed E-state index contributed by atoms with van der Waals surface area (Å²) in [6.07, 6.45) is 1.01. The predicted molar refractivity (Wildman–Crippen MR) is 80.5 cm³/mol. The van der Waals surface area contributed by atoms with E-state index in [-0.39, 0.29) is 5.91 Å². The zero-order valence-corrected chi connectivity index (χ0v) is 12.7. The minimum Gasteiger partial charge on any atom is -0.321 e. The molecule has 1 amide bonds. The first-order valence-corrected chi connectivity index (χ1v) is 7.37. The summed E-state index contributed by atoms with van der Waals surface area (Å²) in [5.41, 5.74) is 3.19. The van der Waals surface area contributed by atoms with E-state index in [4.69, 9.17) is 0 Å². The maximum atomic E-state index is 12.0. The van der Waals surface area contributed by atoms with Crippen molar-refractivity contribution in [3.8, 4) is 0 Å². The number of carbonyl (C=O) groups is 1. The zero-order chi connectivity index (χ0) is 13.1. The molecule has 0 saturated carbocycles. The number of nitrogens with one attached hydrogen (secondary N) is 1. The van der Waals surface area contributed by atoms with Gasteiger partial charge in [-0.25, -0.2) is 0 Å². The third kappa shape index (κ3) is 3.00. The van der Waals surface area contributed by atoms with Crippen LogP contribution in [0.4, 0.5) is 5.69 Å². The van der Waals surface area contributed by atoms with Gasteiger partial charge in [-0.15, -0.1) is 11.3 Å². The van der Waals surface area contributed by atoms with Crippen LogP contribution < -0.4 is 5.32 Å². The summed E-state index contributed by atoms with van der Waals surface area (Å²) < 4.78 is 1.01. The topological polar surface area (TPSA) is 29.1 Å². The van der Waals surface area contributed by atoms with Gasteiger partial charge in [-0.2, -0.15) is 0 Å². The second kappa shape index (κ2) is 5.67. The first-order chi connectivity index (χ1) is 8.60. The highest BCUT2D eigenvalue weighted by Gasteiger charge is 2.11. The lowest BCUT2D eigenvalue weighted by molar-refractivity contribution is 0.103. The van der Waals surface area contributed by atoms with Crippen molar-refractivity contribution in [3.05, 3.63) is 50.1 Å². The van der Waals surface area contributed by atoms with E-state index in [9.17, 15) is 4.79 Å². The Kier molecular flexibility index (Phi) is 4.19. The minimum absolute atomic E-state index is 0.0574. The van der Waals surface area contributed by atoms with Gasteiger partial charge < -0.3 is 5.32 Å². The monoisotopic (exact) mass is 323 g/mol. The minimum atomic E-state index is -0.0574. The van der Waals surface area contributed by atoms with Gasteiger partial charge in [0, 0.05) is 5.69 Å². The first-order valence-electron chi connectivity index (χ1n) is 5.76. The number of carbonyl (C=O) groups excluding carboxylic acids is 1. The Bertz CT molecular complexity index is 540. The molecule has 0 aliphatic carbocycles. The molecule has 0 bridgehead atoms. The van der Waals surface area contributed by atoms with Gasteiger partial charge in [-0.3, -0.25) is 4.79 Å². The van der Waals surface area contributed by atoms with Crippen molar-refractivity contribution in [2.45, 2.75) is 20.3 Å². The van der Waals surface area contributed by atoms with E-state index in [2.05, 4.69) is 28.2 Å². The second-order valence-corrected chi connectivity index (χ2v) is 6.44. The van der Waals surface area contributed by atoms with Crippen molar-refractivity contribution < 1.29 is 4.79 Å². The van der Waals surface area contributed by atoms with Crippen LogP contribution in [0, 0.1) is 6.92 Å². The van der Waals surface area contributed by atoms with Crippen LogP contribution in [0.3, 0.4) is 0 Å². The van der Waals surface area contributed by atoms with Crippen molar-refractivity contribution in [1.82, 2.24) is 0 Å². The predicted octanol–water partition coefficient (Wildman–Crippen LogP) is 4.63. The Hall–Kier alpha value is -1.13. The number of hydrogen-bond acceptors (Lipinski definition) is 2. The number of rotatable bonds is 3. The molecule has 0 aliphatic rings. The van der Waals surface area contributed by atoms with Crippen LogP contribution in [0.1, 0.15) is 27.7 Å². The molecular weight excluding hydrogens is 310 g/mol. The van der Waals surface area contributed by atoms with E-state index in [0.29, 0.717) is 0 Å². The van der Waals surface area contributed by atoms with E-state index in [0.717, 1.165) is 26.3 Å². The third-order valence-electron chi connectivity index (χ3n) is 2.70. The highest BCUT2D eigenvalue weighted by molar-refractivity contribution is 9.11. The maximum Gasteiger partial charge on any atom is 0.265 e. The van der Waals surface area contributed by atoms with Crippen molar-refractivity contribution in [2.75, 3.05) is 5.32 Å². The van der Waals surface area contributed by atoms with Crippen LogP contribution in [0.2, 0.25) is 0 Å². The molecule has 94 valence electrons. The standard InChI is InChI=1S/C14H14BrNOS/c1-3-10-4-6-11(7-5-10)16-14(17)12-8-9(2)13(15)18-12/h4-8H,3H2,1-2H3,(H,16,17). The lowest BCUT2D eigenvalue weighted by Crippen LogP contribution is -2.09. The first kappa shape index (κ1) is 13.3. The fraction of sp³-hybridized carbons (Fsp3) is 0.214. The van der Waals surface area contributed by atoms with Crippen LogP contribution in [-0.4, -0.2) is 5.91 Å². The quantitative estimate of drug-likeness (QED) is 0.876. The molecule has 0 saturated heterocycles. The maximum absolute atomic E-state index is 12.0. The van der Waals surface area contributed by atoms with Gasteiger partial charge in [0.05, 0.1) is 8.66 Å². The Morgan fingerprint density at radius 3 is 2.50 bits per heavy atom. The molecule has 4 heteroatoms. The normalized spacial score (nSPS) is 10.4. The molecule has 1 N–H and O–H groups in total. The van der Waals surface area contributed by atoms with Crippen LogP contribution in [0.25, 0.3) is 0 Å². The average Bonchev–Trinajstić information content (AvgIpc) is 2.71. The second-order valence-electron chi connectivity index (χ2n) is 4.07. The van der Waals surface area contributed by atoms with Crippen molar-refractivity contribution in [1.29, 1.82) is 0 Å². The number of amides is 1. The summed E-state index contributed by atoms with van der Waals surface area (Å²) >= 11 is 4.88. The molecular formula is C14H14BrNOS. The molecule has 0 unspecified atom stereocenters. The molecule has 1 aromatic carbocycles. The number of benzene rings is 1. The van der Waals surface area contributed by atoms with E-state index >= 15 is 0 Å². The summed E-state index contributed by atoms with van der Waals surface area (Å²) in [6.45, 7) is 4.09. The summed E-state index contributed by atoms with van der Waals surface area (Å²) in [5.74, 6) is -0.0574. The zero-order valence-electron chi connectivity index (χ0n) is 10.3. The van der Waals surface area contributed by atoms with E-state index < -0.39 is 0 Å². The molecule has 2 rings (SSSR count). The Morgan fingerprint density at radius 2 is 2.00 bits per heavy atom. The highest BCUT2D eigenvalue weighted by atomic mass is 79.9. The molecule has 0 aliphatic heterocycles. The van der Waals surface area contributed by atoms with Crippen LogP contribution in [0.15, 0.2) is 34.1 Å². The van der Waals surface area contributed by atoms with E-state index in [1.54, 1.807) is 0 Å². The molecule has 0 fully saturated rings. The largest absolute Gasteiger partial charge is 0.321 e. The molecule has 2 nitrogen and oxygen atoms in total. The van der Waals surface area contributed by atoms with E-state index in [1.807, 2.05) is 37.3 Å². The SMILES string of the molecule is CCc1ccc(NC(=O)c2cc(C)c(Br)s2)cc1. The Balaban J connectivity index is 2.10. The Morgan fingerprint density at radius 1 is 1.33 bits per heavy atom. The summed E-state index contributed by atoms with van der Waals surface area (Å²) in [7, 11) is 0. The van der Waals surface area contributed by atoms with Gasteiger partial charge in [-0.1, -0.05) is 19.1 Å². The Labute approximate surface area is 119 Å². The molecule has 18 heavy (non-hydrogen) atoms. The van der Waals surface area contributed by atoms with Gasteiger partial charge in [0.15, 0.2) is 0 Å². The third-order valence-corrected chi connectivity index (χ3v) is 4.84. The molecule has 1 heterocycles. The molecule has 2 aromatic rings. The van der Waals surface area contributed by atoms with Crippen LogP contribution in [0.5, 0.6) is 0 Å². The number of hydrogen-bond donors (Lipinski definition) is 1. The average molecular weight is 324 g/mol. The highest BCUT2D eigenvalue weighted by Crippen LogP contribution is 2.27. The molecule has 1 aromatic heterocycles.